The molecule has 0 unspecified atom stereocenters. The lowest BCUT2D eigenvalue weighted by atomic mass is 10.2. The monoisotopic (exact) mass is 263 g/mol. The van der Waals surface area contributed by atoms with E-state index in [-0.39, 0.29) is 17.8 Å². The molecule has 5 nitrogen and oxygen atoms in total. The fraction of sp³-hybridized carbons (Fsp3) is 0.250. The van der Waals surface area contributed by atoms with Gasteiger partial charge in [0, 0.05) is 6.54 Å². The first kappa shape index (κ1) is 13.0. The Morgan fingerprint density at radius 1 is 1.37 bits per heavy atom. The number of hydrogen-bond donors (Lipinski definition) is 1. The van der Waals surface area contributed by atoms with Gasteiger partial charge in [0.05, 0.1) is 17.8 Å². The van der Waals surface area contributed by atoms with Gasteiger partial charge in [-0.05, 0) is 19.1 Å². The maximum absolute atomic E-state index is 13.6. The molecule has 1 heterocycles. The summed E-state index contributed by atoms with van der Waals surface area (Å²) in [7, 11) is 0. The zero-order chi connectivity index (χ0) is 13.8. The number of benzene rings is 1. The van der Waals surface area contributed by atoms with Crippen molar-refractivity contribution in [2.24, 2.45) is 0 Å². The van der Waals surface area contributed by atoms with E-state index >= 15 is 0 Å². The van der Waals surface area contributed by atoms with Crippen LogP contribution in [0.5, 0.6) is 0 Å². The Hall–Kier alpha value is -2.49. The first-order chi connectivity index (χ1) is 9.17. The molecule has 0 aliphatic heterocycles. The second-order valence-corrected chi connectivity index (χ2v) is 3.79. The molecule has 7 heteroatoms. The average Bonchev–Trinajstić information content (AvgIpc) is 2.88. The molecule has 0 saturated heterocycles. The zero-order valence-corrected chi connectivity index (χ0v) is 10.2. The van der Waals surface area contributed by atoms with Crippen LogP contribution < -0.4 is 5.32 Å². The summed E-state index contributed by atoms with van der Waals surface area (Å²) in [5, 5.41) is 18.9. The fourth-order valence-corrected chi connectivity index (χ4v) is 1.63. The third-order valence-electron chi connectivity index (χ3n) is 2.68. The van der Waals surface area contributed by atoms with Crippen LogP contribution >= 0.6 is 0 Å². The van der Waals surface area contributed by atoms with Crippen molar-refractivity contribution in [1.29, 1.82) is 5.26 Å². The molecule has 1 aromatic heterocycles. The number of aryl methyl sites for hydroxylation is 1. The second kappa shape index (κ2) is 5.44. The summed E-state index contributed by atoms with van der Waals surface area (Å²) in [5.41, 5.74) is -0.332. The predicted octanol–water partition coefficient (Wildman–Crippen LogP) is 2.06. The summed E-state index contributed by atoms with van der Waals surface area (Å²) in [6.45, 7) is 2.83. The summed E-state index contributed by atoms with van der Waals surface area (Å²) in [4.78, 5) is 0. The highest BCUT2D eigenvalue weighted by molar-refractivity contribution is 5.49. The van der Waals surface area contributed by atoms with Gasteiger partial charge in [0.1, 0.15) is 12.4 Å². The molecule has 2 aromatic rings. The van der Waals surface area contributed by atoms with Crippen molar-refractivity contribution in [2.75, 3.05) is 5.32 Å². The third kappa shape index (κ3) is 2.52. The lowest BCUT2D eigenvalue weighted by Crippen LogP contribution is -2.09. The molecule has 0 amide bonds. The van der Waals surface area contributed by atoms with Crippen LogP contribution in [0, 0.1) is 23.0 Å². The summed E-state index contributed by atoms with van der Waals surface area (Å²) < 4.78 is 28.8. The SMILES string of the molecule is CCn1cnnc1CNc1ccc(C#N)c(F)c1F. The van der Waals surface area contributed by atoms with Gasteiger partial charge < -0.3 is 9.88 Å². The first-order valence-electron chi connectivity index (χ1n) is 5.66. The molecule has 19 heavy (non-hydrogen) atoms. The van der Waals surface area contributed by atoms with Gasteiger partial charge in [-0.1, -0.05) is 0 Å². The Balaban J connectivity index is 2.17. The average molecular weight is 263 g/mol. The largest absolute Gasteiger partial charge is 0.375 e. The molecule has 0 atom stereocenters. The van der Waals surface area contributed by atoms with Crippen molar-refractivity contribution in [2.45, 2.75) is 20.0 Å². The number of nitrogens with one attached hydrogen (secondary N) is 1. The maximum atomic E-state index is 13.6. The Kier molecular flexibility index (Phi) is 3.71. The summed E-state index contributed by atoms with van der Waals surface area (Å²) >= 11 is 0. The van der Waals surface area contributed by atoms with Crippen molar-refractivity contribution in [1.82, 2.24) is 14.8 Å². The molecule has 0 spiro atoms. The van der Waals surface area contributed by atoms with E-state index in [0.29, 0.717) is 12.4 Å². The molecule has 0 aliphatic rings. The predicted molar refractivity (Wildman–Crippen MR) is 64.1 cm³/mol. The van der Waals surface area contributed by atoms with Gasteiger partial charge in [-0.15, -0.1) is 10.2 Å². The van der Waals surface area contributed by atoms with E-state index in [1.807, 2.05) is 6.92 Å². The normalized spacial score (nSPS) is 10.2. The van der Waals surface area contributed by atoms with Crippen LogP contribution in [0.15, 0.2) is 18.5 Å². The third-order valence-corrected chi connectivity index (χ3v) is 2.68. The molecule has 0 radical (unpaired) electrons. The van der Waals surface area contributed by atoms with Gasteiger partial charge in [0.15, 0.2) is 17.5 Å². The van der Waals surface area contributed by atoms with Crippen molar-refractivity contribution >= 4 is 5.69 Å². The second-order valence-electron chi connectivity index (χ2n) is 3.79. The highest BCUT2D eigenvalue weighted by atomic mass is 19.2. The van der Waals surface area contributed by atoms with Crippen LogP contribution in [0.3, 0.4) is 0 Å². The topological polar surface area (TPSA) is 66.5 Å². The minimum Gasteiger partial charge on any atom is -0.375 e. The number of aromatic nitrogens is 3. The van der Waals surface area contributed by atoms with Gasteiger partial charge in [0.2, 0.25) is 0 Å². The van der Waals surface area contributed by atoms with Crippen molar-refractivity contribution in [3.8, 4) is 6.07 Å². The number of nitriles is 1. The zero-order valence-electron chi connectivity index (χ0n) is 10.2. The Labute approximate surface area is 108 Å². The molecule has 1 aromatic carbocycles. The number of halogens is 2. The molecule has 0 saturated carbocycles. The van der Waals surface area contributed by atoms with Gasteiger partial charge in [-0.2, -0.15) is 5.26 Å². The summed E-state index contributed by atoms with van der Waals surface area (Å²) in [6.07, 6.45) is 1.56. The van der Waals surface area contributed by atoms with E-state index in [1.165, 1.54) is 12.1 Å². The van der Waals surface area contributed by atoms with E-state index in [9.17, 15) is 8.78 Å². The number of anilines is 1. The van der Waals surface area contributed by atoms with E-state index < -0.39 is 11.6 Å². The number of nitrogens with zero attached hydrogens (tertiary/aromatic N) is 4. The summed E-state index contributed by atoms with van der Waals surface area (Å²) in [6, 6.07) is 4.13. The van der Waals surface area contributed by atoms with E-state index in [1.54, 1.807) is 17.0 Å². The molecule has 0 bridgehead atoms. The lowest BCUT2D eigenvalue weighted by Gasteiger charge is -2.08. The molecule has 2 rings (SSSR count). The molecular weight excluding hydrogens is 252 g/mol. The van der Waals surface area contributed by atoms with Crippen LogP contribution in [0.25, 0.3) is 0 Å². The number of rotatable bonds is 4. The Morgan fingerprint density at radius 3 is 2.84 bits per heavy atom. The minimum absolute atomic E-state index is 0.0119. The van der Waals surface area contributed by atoms with Crippen LogP contribution in [-0.4, -0.2) is 14.8 Å². The van der Waals surface area contributed by atoms with E-state index in [0.717, 1.165) is 0 Å². The van der Waals surface area contributed by atoms with E-state index in [4.69, 9.17) is 5.26 Å². The number of hydrogen-bond acceptors (Lipinski definition) is 4. The van der Waals surface area contributed by atoms with Crippen molar-refractivity contribution in [3.63, 3.8) is 0 Å². The Bertz CT molecular complexity index is 630. The molecular formula is C12H11F2N5. The van der Waals surface area contributed by atoms with Crippen LogP contribution in [0.4, 0.5) is 14.5 Å². The standard InChI is InChI=1S/C12H11F2N5/c1-2-19-7-17-18-10(19)6-16-9-4-3-8(5-15)11(13)12(9)14/h3-4,7,16H,2,6H2,1H3. The highest BCUT2D eigenvalue weighted by Crippen LogP contribution is 2.20. The van der Waals surface area contributed by atoms with Crippen LogP contribution in [0.1, 0.15) is 18.3 Å². The van der Waals surface area contributed by atoms with Gasteiger partial charge >= 0.3 is 0 Å². The Morgan fingerprint density at radius 2 is 2.16 bits per heavy atom. The smallest absolute Gasteiger partial charge is 0.183 e. The first-order valence-corrected chi connectivity index (χ1v) is 5.66. The highest BCUT2D eigenvalue weighted by Gasteiger charge is 2.13. The van der Waals surface area contributed by atoms with Crippen molar-refractivity contribution in [3.05, 3.63) is 41.5 Å². The maximum Gasteiger partial charge on any atom is 0.183 e. The lowest BCUT2D eigenvalue weighted by molar-refractivity contribution is 0.508. The van der Waals surface area contributed by atoms with E-state index in [2.05, 4.69) is 15.5 Å². The van der Waals surface area contributed by atoms with Crippen molar-refractivity contribution < 1.29 is 8.78 Å². The quantitative estimate of drug-likeness (QED) is 0.916. The van der Waals surface area contributed by atoms with Gasteiger partial charge in [-0.3, -0.25) is 0 Å². The fourth-order valence-electron chi connectivity index (χ4n) is 1.63. The van der Waals surface area contributed by atoms with Crippen LogP contribution in [-0.2, 0) is 13.1 Å². The molecule has 0 aliphatic carbocycles. The molecule has 98 valence electrons. The molecule has 1 N–H and O–H groups in total. The molecule has 0 fully saturated rings. The minimum atomic E-state index is -1.15. The summed E-state index contributed by atoms with van der Waals surface area (Å²) in [5.74, 6) is -1.60. The van der Waals surface area contributed by atoms with Crippen LogP contribution in [0.2, 0.25) is 0 Å². The van der Waals surface area contributed by atoms with Gasteiger partial charge in [0.25, 0.3) is 0 Å². The van der Waals surface area contributed by atoms with Gasteiger partial charge in [-0.25, -0.2) is 8.78 Å².